The Morgan fingerprint density at radius 1 is 1.06 bits per heavy atom. The zero-order valence-corrected chi connectivity index (χ0v) is 19.8. The molecule has 0 saturated carbocycles. The second-order valence-electron chi connectivity index (χ2n) is 8.39. The molecule has 2 aromatic rings. The van der Waals surface area contributed by atoms with Crippen LogP contribution in [0, 0.1) is 5.82 Å². The van der Waals surface area contributed by atoms with Crippen LogP contribution in [0.3, 0.4) is 0 Å². The SMILES string of the molecule is COc1cccc(C2/C(=C(\O)c3ccc(F)cc3)C(=O)C(=O)N2CCCN2CCOCC2)c1OC. The smallest absolute Gasteiger partial charge is 0.295 e. The maximum Gasteiger partial charge on any atom is 0.295 e. The van der Waals surface area contributed by atoms with Crippen LogP contribution in [0.5, 0.6) is 11.5 Å². The highest BCUT2D eigenvalue weighted by molar-refractivity contribution is 6.46. The van der Waals surface area contributed by atoms with Gasteiger partial charge in [0, 0.05) is 37.3 Å². The monoisotopic (exact) mass is 484 g/mol. The Hall–Kier alpha value is -3.43. The van der Waals surface area contributed by atoms with E-state index in [1.807, 2.05) is 0 Å². The van der Waals surface area contributed by atoms with Crippen LogP contribution in [0.4, 0.5) is 4.39 Å². The molecule has 4 rings (SSSR count). The van der Waals surface area contributed by atoms with Gasteiger partial charge in [-0.1, -0.05) is 12.1 Å². The topological polar surface area (TPSA) is 88.5 Å². The van der Waals surface area contributed by atoms with Crippen LogP contribution >= 0.6 is 0 Å². The Morgan fingerprint density at radius 3 is 2.43 bits per heavy atom. The zero-order valence-electron chi connectivity index (χ0n) is 19.8. The van der Waals surface area contributed by atoms with Gasteiger partial charge in [-0.25, -0.2) is 4.39 Å². The number of hydrogen-bond donors (Lipinski definition) is 1. The molecule has 0 radical (unpaired) electrons. The molecule has 2 aliphatic heterocycles. The van der Waals surface area contributed by atoms with E-state index in [1.54, 1.807) is 18.2 Å². The Labute approximate surface area is 203 Å². The summed E-state index contributed by atoms with van der Waals surface area (Å²) in [4.78, 5) is 30.1. The number of amides is 1. The highest BCUT2D eigenvalue weighted by atomic mass is 19.1. The molecule has 2 saturated heterocycles. The molecule has 1 atom stereocenters. The molecule has 0 spiro atoms. The third kappa shape index (κ3) is 5.01. The van der Waals surface area contributed by atoms with Gasteiger partial charge in [0.25, 0.3) is 11.7 Å². The predicted molar refractivity (Wildman–Crippen MR) is 127 cm³/mol. The summed E-state index contributed by atoms with van der Waals surface area (Å²) in [5, 5.41) is 11.1. The number of rotatable bonds is 8. The molecule has 1 unspecified atom stereocenters. The number of likely N-dealkylation sites (tertiary alicyclic amines) is 1. The highest BCUT2D eigenvalue weighted by Gasteiger charge is 2.47. The van der Waals surface area contributed by atoms with Gasteiger partial charge in [0.1, 0.15) is 11.6 Å². The summed E-state index contributed by atoms with van der Waals surface area (Å²) in [5.74, 6) is -1.54. The summed E-state index contributed by atoms with van der Waals surface area (Å²) in [6, 6.07) is 9.42. The van der Waals surface area contributed by atoms with Gasteiger partial charge < -0.3 is 24.2 Å². The first-order valence-electron chi connectivity index (χ1n) is 11.5. The number of carbonyl (C=O) groups excluding carboxylic acids is 2. The maximum atomic E-state index is 13.5. The molecular formula is C26H29FN2O6. The molecule has 0 bridgehead atoms. The van der Waals surface area contributed by atoms with Crippen LogP contribution in [0.15, 0.2) is 48.0 Å². The molecule has 2 heterocycles. The third-order valence-electron chi connectivity index (χ3n) is 6.36. The van der Waals surface area contributed by atoms with Crippen molar-refractivity contribution < 1.29 is 33.3 Å². The van der Waals surface area contributed by atoms with Crippen molar-refractivity contribution in [3.63, 3.8) is 0 Å². The summed E-state index contributed by atoms with van der Waals surface area (Å²) in [7, 11) is 2.98. The van der Waals surface area contributed by atoms with Crippen molar-refractivity contribution in [2.24, 2.45) is 0 Å². The van der Waals surface area contributed by atoms with Crippen LogP contribution in [0.2, 0.25) is 0 Å². The Bertz CT molecular complexity index is 1110. The second kappa shape index (κ2) is 10.9. The summed E-state index contributed by atoms with van der Waals surface area (Å²) in [6.45, 7) is 4.01. The standard InChI is InChI=1S/C26H29FN2O6/c1-33-20-6-3-5-19(25(20)34-2)22-21(23(30)17-7-9-18(27)10-8-17)24(31)26(32)29(22)12-4-11-28-13-15-35-16-14-28/h3,5-10,22,30H,4,11-16H2,1-2H3/b23-21+. The van der Waals surface area contributed by atoms with E-state index >= 15 is 0 Å². The Balaban J connectivity index is 1.75. The molecule has 2 aromatic carbocycles. The van der Waals surface area contributed by atoms with Gasteiger partial charge >= 0.3 is 0 Å². The number of aliphatic hydroxyl groups excluding tert-OH is 1. The third-order valence-corrected chi connectivity index (χ3v) is 6.36. The van der Waals surface area contributed by atoms with E-state index in [-0.39, 0.29) is 16.9 Å². The fourth-order valence-corrected chi connectivity index (χ4v) is 4.61. The van der Waals surface area contributed by atoms with E-state index in [2.05, 4.69) is 4.90 Å². The first-order valence-corrected chi connectivity index (χ1v) is 11.5. The second-order valence-corrected chi connectivity index (χ2v) is 8.39. The number of halogens is 1. The molecular weight excluding hydrogens is 455 g/mol. The van der Waals surface area contributed by atoms with Crippen molar-refractivity contribution in [1.82, 2.24) is 9.80 Å². The van der Waals surface area contributed by atoms with Crippen molar-refractivity contribution >= 4 is 17.4 Å². The van der Waals surface area contributed by atoms with Crippen LogP contribution < -0.4 is 9.47 Å². The summed E-state index contributed by atoms with van der Waals surface area (Å²) < 4.78 is 29.9. The largest absolute Gasteiger partial charge is 0.507 e. The van der Waals surface area contributed by atoms with Crippen LogP contribution in [-0.2, 0) is 14.3 Å². The van der Waals surface area contributed by atoms with Gasteiger partial charge in [-0.15, -0.1) is 0 Å². The fraction of sp³-hybridized carbons (Fsp3) is 0.385. The number of carbonyl (C=O) groups is 2. The number of hydrogen-bond acceptors (Lipinski definition) is 7. The average molecular weight is 485 g/mol. The molecule has 9 heteroatoms. The normalized spacial score (nSPS) is 20.3. The van der Waals surface area contributed by atoms with Crippen molar-refractivity contribution in [3.8, 4) is 11.5 Å². The lowest BCUT2D eigenvalue weighted by Gasteiger charge is -2.29. The van der Waals surface area contributed by atoms with Gasteiger partial charge in [-0.3, -0.25) is 14.5 Å². The number of nitrogens with zero attached hydrogens (tertiary/aromatic N) is 2. The number of benzene rings is 2. The first kappa shape index (κ1) is 24.7. The summed E-state index contributed by atoms with van der Waals surface area (Å²) >= 11 is 0. The summed E-state index contributed by atoms with van der Waals surface area (Å²) in [6.07, 6.45) is 0.631. The van der Waals surface area contributed by atoms with Crippen molar-refractivity contribution in [2.45, 2.75) is 12.5 Å². The van der Waals surface area contributed by atoms with Crippen molar-refractivity contribution in [2.75, 3.05) is 53.6 Å². The molecule has 0 aromatic heterocycles. The summed E-state index contributed by atoms with van der Waals surface area (Å²) in [5.41, 5.74) is 0.685. The predicted octanol–water partition coefficient (Wildman–Crippen LogP) is 2.99. The van der Waals surface area contributed by atoms with Gasteiger partial charge in [-0.2, -0.15) is 0 Å². The number of para-hydroxylation sites is 1. The zero-order chi connectivity index (χ0) is 24.9. The van der Waals surface area contributed by atoms with E-state index in [9.17, 15) is 19.1 Å². The van der Waals surface area contributed by atoms with E-state index in [0.717, 1.165) is 19.6 Å². The van der Waals surface area contributed by atoms with Crippen LogP contribution in [0.1, 0.15) is 23.6 Å². The Kier molecular flexibility index (Phi) is 7.67. The molecule has 0 aliphatic carbocycles. The number of Topliss-reactive ketones (excluding diaryl/α,β-unsaturated/α-hetero) is 1. The lowest BCUT2D eigenvalue weighted by Crippen LogP contribution is -2.39. The number of ether oxygens (including phenoxy) is 3. The van der Waals surface area contributed by atoms with Gasteiger partial charge in [0.15, 0.2) is 11.5 Å². The van der Waals surface area contributed by atoms with E-state index < -0.39 is 23.5 Å². The van der Waals surface area contributed by atoms with Gasteiger partial charge in [0.05, 0.1) is 39.0 Å². The van der Waals surface area contributed by atoms with Crippen LogP contribution in [0.25, 0.3) is 5.76 Å². The minimum Gasteiger partial charge on any atom is -0.507 e. The minimum absolute atomic E-state index is 0.0699. The van der Waals surface area contributed by atoms with Crippen molar-refractivity contribution in [3.05, 3.63) is 65.0 Å². The average Bonchev–Trinajstić information content (AvgIpc) is 3.13. The molecule has 8 nitrogen and oxygen atoms in total. The van der Waals surface area contributed by atoms with E-state index in [1.165, 1.54) is 43.4 Å². The molecule has 35 heavy (non-hydrogen) atoms. The maximum absolute atomic E-state index is 13.5. The number of methoxy groups -OCH3 is 2. The number of ketones is 1. The quantitative estimate of drug-likeness (QED) is 0.350. The lowest BCUT2D eigenvalue weighted by atomic mass is 9.94. The molecule has 2 aliphatic rings. The fourth-order valence-electron chi connectivity index (χ4n) is 4.61. The highest BCUT2D eigenvalue weighted by Crippen LogP contribution is 2.45. The molecule has 1 N–H and O–H groups in total. The van der Waals surface area contributed by atoms with Crippen LogP contribution in [-0.4, -0.2) is 80.2 Å². The first-order chi connectivity index (χ1) is 17.0. The molecule has 186 valence electrons. The van der Waals surface area contributed by atoms with E-state index in [0.29, 0.717) is 43.2 Å². The van der Waals surface area contributed by atoms with E-state index in [4.69, 9.17) is 14.2 Å². The van der Waals surface area contributed by atoms with Gasteiger partial charge in [-0.05, 0) is 36.8 Å². The number of aliphatic hydroxyl groups is 1. The molecule has 2 fully saturated rings. The molecule has 1 amide bonds. The number of morpholine rings is 1. The minimum atomic E-state index is -0.894. The van der Waals surface area contributed by atoms with Gasteiger partial charge in [0.2, 0.25) is 0 Å². The lowest BCUT2D eigenvalue weighted by molar-refractivity contribution is -0.140. The Morgan fingerprint density at radius 2 is 1.77 bits per heavy atom. The van der Waals surface area contributed by atoms with Crippen molar-refractivity contribution in [1.29, 1.82) is 0 Å².